The van der Waals surface area contributed by atoms with Gasteiger partial charge in [-0.1, -0.05) is 48.5 Å². The molecular formula is C20H16FNO2. The lowest BCUT2D eigenvalue weighted by molar-refractivity contribution is 0.102. The SMILES string of the molecule is COc1ccccc1NC(=O)c1ccc(-c2ccccc2)cc1F. The number of rotatable bonds is 4. The maximum atomic E-state index is 14.4. The van der Waals surface area contributed by atoms with Gasteiger partial charge in [-0.2, -0.15) is 0 Å². The van der Waals surface area contributed by atoms with E-state index in [9.17, 15) is 9.18 Å². The van der Waals surface area contributed by atoms with Crippen molar-refractivity contribution in [3.63, 3.8) is 0 Å². The number of nitrogens with one attached hydrogen (secondary N) is 1. The number of benzene rings is 3. The van der Waals surface area contributed by atoms with E-state index < -0.39 is 11.7 Å². The quantitative estimate of drug-likeness (QED) is 0.753. The van der Waals surface area contributed by atoms with Gasteiger partial charge in [0.05, 0.1) is 18.4 Å². The molecule has 3 nitrogen and oxygen atoms in total. The second kappa shape index (κ2) is 6.96. The van der Waals surface area contributed by atoms with Crippen molar-refractivity contribution in [1.82, 2.24) is 0 Å². The molecule has 3 aromatic carbocycles. The summed E-state index contributed by atoms with van der Waals surface area (Å²) in [5.41, 5.74) is 2.10. The first-order valence-electron chi connectivity index (χ1n) is 7.48. The molecule has 0 aromatic heterocycles. The number of methoxy groups -OCH3 is 1. The molecule has 0 heterocycles. The zero-order chi connectivity index (χ0) is 16.9. The topological polar surface area (TPSA) is 38.3 Å². The minimum Gasteiger partial charge on any atom is -0.495 e. The molecule has 0 bridgehead atoms. The van der Waals surface area contributed by atoms with Gasteiger partial charge in [0.2, 0.25) is 0 Å². The zero-order valence-electron chi connectivity index (χ0n) is 13.1. The third-order valence-corrected chi connectivity index (χ3v) is 3.68. The Labute approximate surface area is 139 Å². The van der Waals surface area contributed by atoms with Gasteiger partial charge in [-0.15, -0.1) is 0 Å². The number of para-hydroxylation sites is 2. The van der Waals surface area contributed by atoms with Crippen molar-refractivity contribution in [2.75, 3.05) is 12.4 Å². The van der Waals surface area contributed by atoms with Crippen molar-refractivity contribution in [2.45, 2.75) is 0 Å². The lowest BCUT2D eigenvalue weighted by atomic mass is 10.0. The van der Waals surface area contributed by atoms with Crippen LogP contribution >= 0.6 is 0 Å². The molecule has 0 saturated carbocycles. The first-order chi connectivity index (χ1) is 11.7. The Morgan fingerprint density at radius 2 is 1.62 bits per heavy atom. The molecule has 1 amide bonds. The molecule has 0 fully saturated rings. The van der Waals surface area contributed by atoms with E-state index in [0.717, 1.165) is 11.1 Å². The van der Waals surface area contributed by atoms with Crippen molar-refractivity contribution in [2.24, 2.45) is 0 Å². The van der Waals surface area contributed by atoms with E-state index in [2.05, 4.69) is 5.32 Å². The Morgan fingerprint density at radius 1 is 0.917 bits per heavy atom. The molecule has 0 aliphatic carbocycles. The van der Waals surface area contributed by atoms with Crippen LogP contribution in [0.3, 0.4) is 0 Å². The highest BCUT2D eigenvalue weighted by Crippen LogP contribution is 2.25. The highest BCUT2D eigenvalue weighted by Gasteiger charge is 2.14. The van der Waals surface area contributed by atoms with Crippen molar-refractivity contribution < 1.29 is 13.9 Å². The van der Waals surface area contributed by atoms with Crippen LogP contribution < -0.4 is 10.1 Å². The van der Waals surface area contributed by atoms with Gasteiger partial charge >= 0.3 is 0 Å². The van der Waals surface area contributed by atoms with E-state index in [0.29, 0.717) is 11.4 Å². The molecule has 0 atom stereocenters. The molecular weight excluding hydrogens is 305 g/mol. The molecule has 120 valence electrons. The predicted octanol–water partition coefficient (Wildman–Crippen LogP) is 4.75. The number of anilines is 1. The average molecular weight is 321 g/mol. The van der Waals surface area contributed by atoms with E-state index in [1.54, 1.807) is 30.3 Å². The largest absolute Gasteiger partial charge is 0.495 e. The fourth-order valence-corrected chi connectivity index (χ4v) is 2.45. The summed E-state index contributed by atoms with van der Waals surface area (Å²) in [6.45, 7) is 0. The number of halogens is 1. The van der Waals surface area contributed by atoms with Crippen LogP contribution in [0.1, 0.15) is 10.4 Å². The molecule has 0 unspecified atom stereocenters. The van der Waals surface area contributed by atoms with Crippen LogP contribution in [0.2, 0.25) is 0 Å². The maximum Gasteiger partial charge on any atom is 0.258 e. The van der Waals surface area contributed by atoms with E-state index >= 15 is 0 Å². The second-order valence-electron chi connectivity index (χ2n) is 5.22. The number of amides is 1. The molecule has 4 heteroatoms. The number of hydrogen-bond acceptors (Lipinski definition) is 2. The Kier molecular flexibility index (Phi) is 4.57. The number of carbonyl (C=O) groups excluding carboxylic acids is 1. The van der Waals surface area contributed by atoms with Crippen LogP contribution in [0, 0.1) is 5.82 Å². The van der Waals surface area contributed by atoms with Crippen LogP contribution in [0.15, 0.2) is 72.8 Å². The Hall–Kier alpha value is -3.14. The van der Waals surface area contributed by atoms with Crippen molar-refractivity contribution in [3.8, 4) is 16.9 Å². The average Bonchev–Trinajstić information content (AvgIpc) is 2.62. The summed E-state index contributed by atoms with van der Waals surface area (Å²) in [6, 6.07) is 21.0. The highest BCUT2D eigenvalue weighted by molar-refractivity contribution is 6.05. The Bertz CT molecular complexity index is 863. The Balaban J connectivity index is 1.86. The molecule has 0 radical (unpaired) electrons. The highest BCUT2D eigenvalue weighted by atomic mass is 19.1. The van der Waals surface area contributed by atoms with Crippen LogP contribution in [-0.2, 0) is 0 Å². The summed E-state index contributed by atoms with van der Waals surface area (Å²) in [5.74, 6) is -0.562. The van der Waals surface area contributed by atoms with Gasteiger partial charge in [0, 0.05) is 0 Å². The third-order valence-electron chi connectivity index (χ3n) is 3.68. The van der Waals surface area contributed by atoms with Crippen molar-refractivity contribution >= 4 is 11.6 Å². The second-order valence-corrected chi connectivity index (χ2v) is 5.22. The number of ether oxygens (including phenoxy) is 1. The first kappa shape index (κ1) is 15.7. The lowest BCUT2D eigenvalue weighted by Crippen LogP contribution is -2.14. The molecule has 24 heavy (non-hydrogen) atoms. The Morgan fingerprint density at radius 3 is 2.33 bits per heavy atom. The van der Waals surface area contributed by atoms with Crippen LogP contribution in [0.25, 0.3) is 11.1 Å². The van der Waals surface area contributed by atoms with Gasteiger partial charge < -0.3 is 10.1 Å². The van der Waals surface area contributed by atoms with Gasteiger partial charge in [0.1, 0.15) is 11.6 Å². The van der Waals surface area contributed by atoms with Crippen molar-refractivity contribution in [3.05, 3.63) is 84.2 Å². The van der Waals surface area contributed by atoms with Gasteiger partial charge in [-0.05, 0) is 35.4 Å². The smallest absolute Gasteiger partial charge is 0.258 e. The first-order valence-corrected chi connectivity index (χ1v) is 7.48. The van der Waals surface area contributed by atoms with Crippen molar-refractivity contribution in [1.29, 1.82) is 0 Å². The molecule has 3 rings (SSSR count). The summed E-state index contributed by atoms with van der Waals surface area (Å²) in [7, 11) is 1.51. The summed E-state index contributed by atoms with van der Waals surface area (Å²) < 4.78 is 19.6. The summed E-state index contributed by atoms with van der Waals surface area (Å²) in [4.78, 5) is 12.3. The molecule has 3 aromatic rings. The number of carbonyl (C=O) groups is 1. The van der Waals surface area contributed by atoms with Gasteiger partial charge in [0.25, 0.3) is 5.91 Å². The lowest BCUT2D eigenvalue weighted by Gasteiger charge is -2.11. The van der Waals surface area contributed by atoms with Gasteiger partial charge in [0.15, 0.2) is 0 Å². The van der Waals surface area contributed by atoms with E-state index in [1.807, 2.05) is 30.3 Å². The van der Waals surface area contributed by atoms with E-state index in [4.69, 9.17) is 4.74 Å². The zero-order valence-corrected chi connectivity index (χ0v) is 13.1. The summed E-state index contributed by atoms with van der Waals surface area (Å²) in [5, 5.41) is 2.67. The van der Waals surface area contributed by atoms with E-state index in [1.165, 1.54) is 19.2 Å². The minimum absolute atomic E-state index is 0.0133. The van der Waals surface area contributed by atoms with Gasteiger partial charge in [-0.25, -0.2) is 4.39 Å². The number of hydrogen-bond donors (Lipinski definition) is 1. The third kappa shape index (κ3) is 3.27. The predicted molar refractivity (Wildman–Crippen MR) is 92.8 cm³/mol. The fraction of sp³-hybridized carbons (Fsp3) is 0.0500. The molecule has 0 saturated heterocycles. The summed E-state index contributed by atoms with van der Waals surface area (Å²) >= 11 is 0. The van der Waals surface area contributed by atoms with Crippen LogP contribution in [0.5, 0.6) is 5.75 Å². The van der Waals surface area contributed by atoms with Crippen LogP contribution in [0.4, 0.5) is 10.1 Å². The minimum atomic E-state index is -0.566. The molecule has 0 aliphatic heterocycles. The molecule has 0 aliphatic rings. The molecule has 0 spiro atoms. The fourth-order valence-electron chi connectivity index (χ4n) is 2.45. The normalized spacial score (nSPS) is 10.2. The summed E-state index contributed by atoms with van der Waals surface area (Å²) in [6.07, 6.45) is 0. The van der Waals surface area contributed by atoms with E-state index in [-0.39, 0.29) is 5.56 Å². The molecule has 1 N–H and O–H groups in total. The van der Waals surface area contributed by atoms with Gasteiger partial charge in [-0.3, -0.25) is 4.79 Å². The standard InChI is InChI=1S/C20H16FNO2/c1-24-19-10-6-5-9-18(19)22-20(23)16-12-11-15(13-17(16)21)14-7-3-2-4-8-14/h2-13H,1H3,(H,22,23). The van der Waals surface area contributed by atoms with Crippen LogP contribution in [-0.4, -0.2) is 13.0 Å². The maximum absolute atomic E-state index is 14.4. The monoisotopic (exact) mass is 321 g/mol.